The minimum absolute atomic E-state index is 0.745. The zero-order valence-electron chi connectivity index (χ0n) is 22.8. The van der Waals surface area contributed by atoms with Crippen molar-refractivity contribution in [2.24, 2.45) is 0 Å². The molecule has 0 amide bonds. The molecule has 2 heteroatoms. The van der Waals surface area contributed by atoms with E-state index < -0.39 is 0 Å². The molecule has 1 N–H and O–H groups in total. The molecule has 0 bridgehead atoms. The predicted molar refractivity (Wildman–Crippen MR) is 146 cm³/mol. The van der Waals surface area contributed by atoms with Crippen molar-refractivity contribution in [1.29, 1.82) is 0 Å². The molecule has 1 fully saturated rings. The van der Waals surface area contributed by atoms with Crippen molar-refractivity contribution in [3.05, 3.63) is 0 Å². The van der Waals surface area contributed by atoms with Crippen LogP contribution in [0.3, 0.4) is 0 Å². The number of unbranched alkanes of at least 4 members (excludes halogenated alkanes) is 17. The molecule has 0 heterocycles. The summed E-state index contributed by atoms with van der Waals surface area (Å²) >= 11 is 0. The van der Waals surface area contributed by atoms with Gasteiger partial charge in [-0.15, -0.1) is 0 Å². The highest BCUT2D eigenvalue weighted by Gasteiger charge is 2.27. The molecule has 1 aliphatic rings. The van der Waals surface area contributed by atoms with E-state index in [0.29, 0.717) is 0 Å². The molecular weight excluding hydrogens is 388 g/mol. The first-order valence-electron chi connectivity index (χ1n) is 15.3. The average Bonchev–Trinajstić information content (AvgIpc) is 2.82. The van der Waals surface area contributed by atoms with Gasteiger partial charge in [-0.2, -0.15) is 0 Å². The highest BCUT2D eigenvalue weighted by atomic mass is 15.2. The molecule has 0 spiro atoms. The van der Waals surface area contributed by atoms with Gasteiger partial charge in [0.25, 0.3) is 0 Å². The van der Waals surface area contributed by atoms with Gasteiger partial charge in [0.2, 0.25) is 0 Å². The Labute approximate surface area is 204 Å². The monoisotopic (exact) mass is 450 g/mol. The minimum Gasteiger partial charge on any atom is -0.312 e. The summed E-state index contributed by atoms with van der Waals surface area (Å²) in [4.78, 5) is 2.69. The number of rotatable bonds is 23. The lowest BCUT2D eigenvalue weighted by Gasteiger charge is -2.39. The normalized spacial score (nSPS) is 19.1. The highest BCUT2D eigenvalue weighted by Crippen LogP contribution is 2.23. The molecule has 0 aromatic rings. The lowest BCUT2D eigenvalue weighted by Crippen LogP contribution is -2.51. The first-order chi connectivity index (χ1) is 15.8. The van der Waals surface area contributed by atoms with Crippen LogP contribution in [0.2, 0.25) is 0 Å². The Hall–Kier alpha value is -0.0800. The molecule has 0 saturated heterocycles. The number of nitrogens with one attached hydrogen (secondary N) is 1. The van der Waals surface area contributed by atoms with Crippen molar-refractivity contribution < 1.29 is 0 Å². The van der Waals surface area contributed by atoms with Crippen LogP contribution in [-0.4, -0.2) is 36.6 Å². The summed E-state index contributed by atoms with van der Waals surface area (Å²) in [5.74, 6) is 0. The molecule has 1 aliphatic carbocycles. The maximum Gasteiger partial charge on any atom is 0.0249 e. The standard InChI is InChI=1S/C30H62N2/c1-4-7-8-9-10-11-12-13-14-15-16-17-18-19-20-21-22-25-28-31-29-26-23-24-27-30(29)32(5-2)6-3/h29-31H,4-28H2,1-3H3. The molecule has 0 radical (unpaired) electrons. The Morgan fingerprint density at radius 1 is 0.531 bits per heavy atom. The van der Waals surface area contributed by atoms with E-state index >= 15 is 0 Å². The van der Waals surface area contributed by atoms with Crippen LogP contribution in [0.15, 0.2) is 0 Å². The SMILES string of the molecule is CCCCCCCCCCCCCCCCCCCCNC1CCCCC1N(CC)CC. The van der Waals surface area contributed by atoms with E-state index in [1.165, 1.54) is 161 Å². The molecule has 2 nitrogen and oxygen atoms in total. The summed E-state index contributed by atoms with van der Waals surface area (Å²) in [6, 6.07) is 1.53. The molecule has 0 aromatic carbocycles. The van der Waals surface area contributed by atoms with Crippen LogP contribution in [0.5, 0.6) is 0 Å². The van der Waals surface area contributed by atoms with E-state index in [1.54, 1.807) is 0 Å². The van der Waals surface area contributed by atoms with Crippen molar-refractivity contribution in [2.75, 3.05) is 19.6 Å². The van der Waals surface area contributed by atoms with E-state index in [4.69, 9.17) is 0 Å². The Kier molecular flexibility index (Phi) is 21.2. The van der Waals surface area contributed by atoms with Crippen molar-refractivity contribution in [1.82, 2.24) is 10.2 Å². The first-order valence-corrected chi connectivity index (χ1v) is 15.3. The maximum absolute atomic E-state index is 3.93. The quantitative estimate of drug-likeness (QED) is 0.156. The van der Waals surface area contributed by atoms with Gasteiger partial charge < -0.3 is 5.32 Å². The number of likely N-dealkylation sites (N-methyl/N-ethyl adjacent to an activating group) is 1. The summed E-state index contributed by atoms with van der Waals surface area (Å²) in [5.41, 5.74) is 0. The van der Waals surface area contributed by atoms with Gasteiger partial charge in [0.15, 0.2) is 0 Å². The lowest BCUT2D eigenvalue weighted by atomic mass is 9.89. The van der Waals surface area contributed by atoms with Gasteiger partial charge in [0, 0.05) is 12.1 Å². The largest absolute Gasteiger partial charge is 0.312 e. The van der Waals surface area contributed by atoms with Crippen molar-refractivity contribution in [2.45, 2.75) is 174 Å². The Bertz CT molecular complexity index is 366. The van der Waals surface area contributed by atoms with E-state index in [-0.39, 0.29) is 0 Å². The van der Waals surface area contributed by atoms with E-state index in [9.17, 15) is 0 Å². The first kappa shape index (κ1) is 30.0. The van der Waals surface area contributed by atoms with Gasteiger partial charge in [-0.1, -0.05) is 143 Å². The fourth-order valence-electron chi connectivity index (χ4n) is 5.79. The second-order valence-electron chi connectivity index (χ2n) is 10.6. The van der Waals surface area contributed by atoms with Gasteiger partial charge in [0.05, 0.1) is 0 Å². The number of hydrogen-bond acceptors (Lipinski definition) is 2. The smallest absolute Gasteiger partial charge is 0.0249 e. The van der Waals surface area contributed by atoms with Gasteiger partial charge >= 0.3 is 0 Å². The van der Waals surface area contributed by atoms with E-state index in [0.717, 1.165) is 12.1 Å². The summed E-state index contributed by atoms with van der Waals surface area (Å²) in [6.45, 7) is 10.6. The van der Waals surface area contributed by atoms with Gasteiger partial charge in [0.1, 0.15) is 0 Å². The van der Waals surface area contributed by atoms with Crippen LogP contribution >= 0.6 is 0 Å². The molecular formula is C30H62N2. The van der Waals surface area contributed by atoms with Crippen LogP contribution in [0.25, 0.3) is 0 Å². The van der Waals surface area contributed by atoms with Crippen LogP contribution in [0.1, 0.15) is 162 Å². The zero-order valence-corrected chi connectivity index (χ0v) is 22.8. The molecule has 1 saturated carbocycles. The molecule has 2 atom stereocenters. The van der Waals surface area contributed by atoms with Gasteiger partial charge in [-0.05, 0) is 38.9 Å². The van der Waals surface area contributed by atoms with Crippen LogP contribution in [0.4, 0.5) is 0 Å². The summed E-state index contributed by atoms with van der Waals surface area (Å²) in [6.07, 6.45) is 31.9. The lowest BCUT2D eigenvalue weighted by molar-refractivity contribution is 0.133. The Morgan fingerprint density at radius 2 is 0.938 bits per heavy atom. The zero-order chi connectivity index (χ0) is 23.1. The average molecular weight is 451 g/mol. The highest BCUT2D eigenvalue weighted by molar-refractivity contribution is 4.87. The van der Waals surface area contributed by atoms with Crippen molar-refractivity contribution >= 4 is 0 Å². The number of nitrogens with zero attached hydrogens (tertiary/aromatic N) is 1. The third-order valence-electron chi connectivity index (χ3n) is 7.95. The fourth-order valence-corrected chi connectivity index (χ4v) is 5.79. The molecule has 1 rings (SSSR count). The maximum atomic E-state index is 3.93. The summed E-state index contributed by atoms with van der Waals surface area (Å²) in [5, 5.41) is 3.93. The van der Waals surface area contributed by atoms with E-state index in [1.807, 2.05) is 0 Å². The molecule has 0 aromatic heterocycles. The molecule has 192 valence electrons. The topological polar surface area (TPSA) is 15.3 Å². The third-order valence-corrected chi connectivity index (χ3v) is 7.95. The second-order valence-corrected chi connectivity index (χ2v) is 10.6. The molecule has 32 heavy (non-hydrogen) atoms. The second kappa shape index (κ2) is 22.7. The molecule has 2 unspecified atom stereocenters. The van der Waals surface area contributed by atoms with Crippen LogP contribution in [-0.2, 0) is 0 Å². The summed E-state index contributed by atoms with van der Waals surface area (Å²) < 4.78 is 0. The third kappa shape index (κ3) is 15.7. The Morgan fingerprint density at radius 3 is 1.38 bits per heavy atom. The predicted octanol–water partition coefficient (Wildman–Crippen LogP) is 9.27. The van der Waals surface area contributed by atoms with Crippen molar-refractivity contribution in [3.8, 4) is 0 Å². The van der Waals surface area contributed by atoms with Crippen LogP contribution < -0.4 is 5.32 Å². The van der Waals surface area contributed by atoms with Crippen molar-refractivity contribution in [3.63, 3.8) is 0 Å². The number of hydrogen-bond donors (Lipinski definition) is 1. The Balaban J connectivity index is 1.81. The van der Waals surface area contributed by atoms with Gasteiger partial charge in [-0.3, -0.25) is 4.90 Å². The molecule has 0 aliphatic heterocycles. The van der Waals surface area contributed by atoms with Crippen LogP contribution in [0, 0.1) is 0 Å². The minimum atomic E-state index is 0.745. The van der Waals surface area contributed by atoms with Gasteiger partial charge in [-0.25, -0.2) is 0 Å². The van der Waals surface area contributed by atoms with E-state index in [2.05, 4.69) is 31.0 Å². The summed E-state index contributed by atoms with van der Waals surface area (Å²) in [7, 11) is 0. The fraction of sp³-hybridized carbons (Fsp3) is 1.00.